The van der Waals surface area contributed by atoms with Crippen LogP contribution in [0, 0.1) is 12.8 Å². The maximum atomic E-state index is 6.19. The van der Waals surface area contributed by atoms with E-state index in [2.05, 4.69) is 29.1 Å². The van der Waals surface area contributed by atoms with E-state index in [4.69, 9.17) is 11.6 Å². The van der Waals surface area contributed by atoms with Crippen molar-refractivity contribution in [2.45, 2.75) is 58.8 Å². The monoisotopic (exact) mass is 281 g/mol. The fourth-order valence-electron chi connectivity index (χ4n) is 2.57. The van der Waals surface area contributed by atoms with Gasteiger partial charge in [-0.15, -0.1) is 0 Å². The van der Waals surface area contributed by atoms with E-state index < -0.39 is 0 Å². The molecule has 1 aliphatic carbocycles. The van der Waals surface area contributed by atoms with Crippen molar-refractivity contribution in [3.8, 4) is 0 Å². The van der Waals surface area contributed by atoms with Crippen molar-refractivity contribution in [1.82, 2.24) is 9.97 Å². The molecule has 0 spiro atoms. The summed E-state index contributed by atoms with van der Waals surface area (Å²) in [5.74, 6) is 2.81. The van der Waals surface area contributed by atoms with Gasteiger partial charge in [-0.05, 0) is 25.7 Å². The lowest BCUT2D eigenvalue weighted by Crippen LogP contribution is -2.19. The van der Waals surface area contributed by atoms with Crippen LogP contribution in [0.3, 0.4) is 0 Å². The molecule has 106 valence electrons. The van der Waals surface area contributed by atoms with Crippen LogP contribution < -0.4 is 5.32 Å². The molecule has 1 aromatic rings. The van der Waals surface area contributed by atoms with Crippen molar-refractivity contribution < 1.29 is 0 Å². The van der Waals surface area contributed by atoms with Crippen molar-refractivity contribution in [1.29, 1.82) is 0 Å². The SMILES string of the molecule is Cc1c(Cl)nc(C(C)C)nc1NCC1CCCCC1. The zero-order chi connectivity index (χ0) is 13.8. The Kier molecular flexibility index (Phi) is 5.03. The average molecular weight is 282 g/mol. The summed E-state index contributed by atoms with van der Waals surface area (Å²) in [7, 11) is 0. The highest BCUT2D eigenvalue weighted by Crippen LogP contribution is 2.26. The summed E-state index contributed by atoms with van der Waals surface area (Å²) in [5, 5.41) is 4.06. The number of nitrogens with one attached hydrogen (secondary N) is 1. The van der Waals surface area contributed by atoms with E-state index in [1.807, 2.05) is 6.92 Å². The number of anilines is 1. The lowest BCUT2D eigenvalue weighted by atomic mass is 9.89. The van der Waals surface area contributed by atoms with E-state index in [1.54, 1.807) is 0 Å². The molecule has 1 heterocycles. The third kappa shape index (κ3) is 3.82. The zero-order valence-corrected chi connectivity index (χ0v) is 12.9. The van der Waals surface area contributed by atoms with Gasteiger partial charge in [-0.2, -0.15) is 0 Å². The molecular weight excluding hydrogens is 258 g/mol. The Hall–Kier alpha value is -0.830. The normalized spacial score (nSPS) is 16.9. The van der Waals surface area contributed by atoms with Crippen molar-refractivity contribution in [3.05, 3.63) is 16.5 Å². The number of halogens is 1. The van der Waals surface area contributed by atoms with Gasteiger partial charge >= 0.3 is 0 Å². The third-order valence-corrected chi connectivity index (χ3v) is 4.27. The predicted molar refractivity (Wildman–Crippen MR) is 80.9 cm³/mol. The van der Waals surface area contributed by atoms with Crippen LogP contribution in [0.4, 0.5) is 5.82 Å². The minimum Gasteiger partial charge on any atom is -0.369 e. The van der Waals surface area contributed by atoms with Crippen LogP contribution in [0.1, 0.15) is 63.3 Å². The fraction of sp³-hybridized carbons (Fsp3) is 0.733. The molecule has 0 aromatic carbocycles. The first kappa shape index (κ1) is 14.6. The number of hydrogen-bond donors (Lipinski definition) is 1. The van der Waals surface area contributed by atoms with Gasteiger partial charge in [-0.1, -0.05) is 44.7 Å². The summed E-state index contributed by atoms with van der Waals surface area (Å²) in [5.41, 5.74) is 0.960. The summed E-state index contributed by atoms with van der Waals surface area (Å²) in [6.45, 7) is 7.17. The molecule has 1 fully saturated rings. The second-order valence-electron chi connectivity index (χ2n) is 5.89. The van der Waals surface area contributed by atoms with E-state index in [9.17, 15) is 0 Å². The Morgan fingerprint density at radius 2 is 1.89 bits per heavy atom. The number of hydrogen-bond acceptors (Lipinski definition) is 3. The summed E-state index contributed by atoms with van der Waals surface area (Å²) in [6, 6.07) is 0. The molecule has 0 amide bonds. The van der Waals surface area contributed by atoms with E-state index >= 15 is 0 Å². The van der Waals surface area contributed by atoms with Gasteiger partial charge in [0.25, 0.3) is 0 Å². The molecule has 0 unspecified atom stereocenters. The molecule has 0 saturated heterocycles. The maximum Gasteiger partial charge on any atom is 0.137 e. The van der Waals surface area contributed by atoms with Crippen LogP contribution in [0.2, 0.25) is 5.15 Å². The molecule has 1 saturated carbocycles. The van der Waals surface area contributed by atoms with Gasteiger partial charge in [-0.25, -0.2) is 9.97 Å². The molecule has 1 N–H and O–H groups in total. The first-order valence-corrected chi connectivity index (χ1v) is 7.73. The number of rotatable bonds is 4. The van der Waals surface area contributed by atoms with Crippen LogP contribution in [0.15, 0.2) is 0 Å². The highest BCUT2D eigenvalue weighted by molar-refractivity contribution is 6.30. The van der Waals surface area contributed by atoms with Gasteiger partial charge < -0.3 is 5.32 Å². The van der Waals surface area contributed by atoms with Crippen molar-refractivity contribution in [2.75, 3.05) is 11.9 Å². The smallest absolute Gasteiger partial charge is 0.137 e. The second-order valence-corrected chi connectivity index (χ2v) is 6.24. The molecular formula is C15H24ClN3. The number of aromatic nitrogens is 2. The van der Waals surface area contributed by atoms with Crippen LogP contribution in [0.5, 0.6) is 0 Å². The molecule has 0 atom stereocenters. The van der Waals surface area contributed by atoms with E-state index in [1.165, 1.54) is 32.1 Å². The quantitative estimate of drug-likeness (QED) is 0.823. The lowest BCUT2D eigenvalue weighted by molar-refractivity contribution is 0.373. The Labute approximate surface area is 121 Å². The van der Waals surface area contributed by atoms with Crippen molar-refractivity contribution in [2.24, 2.45) is 5.92 Å². The summed E-state index contributed by atoms with van der Waals surface area (Å²) < 4.78 is 0. The summed E-state index contributed by atoms with van der Waals surface area (Å²) >= 11 is 6.19. The van der Waals surface area contributed by atoms with Gasteiger partial charge in [0.15, 0.2) is 0 Å². The Morgan fingerprint density at radius 3 is 2.53 bits per heavy atom. The minimum atomic E-state index is 0.299. The second kappa shape index (κ2) is 6.56. The molecule has 1 aromatic heterocycles. The molecule has 2 rings (SSSR count). The Bertz CT molecular complexity index is 426. The van der Waals surface area contributed by atoms with E-state index in [-0.39, 0.29) is 0 Å². The minimum absolute atomic E-state index is 0.299. The third-order valence-electron chi connectivity index (χ3n) is 3.90. The topological polar surface area (TPSA) is 37.8 Å². The van der Waals surface area contributed by atoms with Gasteiger partial charge in [0.05, 0.1) is 0 Å². The van der Waals surface area contributed by atoms with Gasteiger partial charge in [0, 0.05) is 18.0 Å². The molecule has 0 bridgehead atoms. The molecule has 0 aliphatic heterocycles. The summed E-state index contributed by atoms with van der Waals surface area (Å²) in [4.78, 5) is 8.95. The van der Waals surface area contributed by atoms with Gasteiger partial charge in [0.2, 0.25) is 0 Å². The fourth-order valence-corrected chi connectivity index (χ4v) is 2.74. The number of nitrogens with zero attached hydrogens (tertiary/aromatic N) is 2. The van der Waals surface area contributed by atoms with Gasteiger partial charge in [0.1, 0.15) is 16.8 Å². The molecule has 19 heavy (non-hydrogen) atoms. The standard InChI is InChI=1S/C15H24ClN3/c1-10(2)14-18-13(16)11(3)15(19-14)17-9-12-7-5-4-6-8-12/h10,12H,4-9H2,1-3H3,(H,17,18,19). The van der Waals surface area contributed by atoms with Crippen molar-refractivity contribution in [3.63, 3.8) is 0 Å². The van der Waals surface area contributed by atoms with Crippen LogP contribution in [0.25, 0.3) is 0 Å². The van der Waals surface area contributed by atoms with E-state index in [0.717, 1.165) is 29.7 Å². The molecule has 3 nitrogen and oxygen atoms in total. The average Bonchev–Trinajstić information content (AvgIpc) is 2.41. The molecule has 1 aliphatic rings. The first-order valence-electron chi connectivity index (χ1n) is 7.36. The lowest BCUT2D eigenvalue weighted by Gasteiger charge is -2.22. The van der Waals surface area contributed by atoms with Crippen molar-refractivity contribution >= 4 is 17.4 Å². The Morgan fingerprint density at radius 1 is 1.21 bits per heavy atom. The largest absolute Gasteiger partial charge is 0.369 e. The van der Waals surface area contributed by atoms with Crippen LogP contribution >= 0.6 is 11.6 Å². The molecule has 4 heteroatoms. The maximum absolute atomic E-state index is 6.19. The summed E-state index contributed by atoms with van der Waals surface area (Å²) in [6.07, 6.45) is 6.80. The van der Waals surface area contributed by atoms with Crippen LogP contribution in [-0.2, 0) is 0 Å². The predicted octanol–water partition coefficient (Wildman–Crippen LogP) is 4.55. The zero-order valence-electron chi connectivity index (χ0n) is 12.2. The highest BCUT2D eigenvalue weighted by Gasteiger charge is 2.15. The van der Waals surface area contributed by atoms with Crippen LogP contribution in [-0.4, -0.2) is 16.5 Å². The first-order chi connectivity index (χ1) is 9.08. The highest BCUT2D eigenvalue weighted by atomic mass is 35.5. The molecule has 0 radical (unpaired) electrons. The van der Waals surface area contributed by atoms with Gasteiger partial charge in [-0.3, -0.25) is 0 Å². The Balaban J connectivity index is 2.05. The van der Waals surface area contributed by atoms with E-state index in [0.29, 0.717) is 11.1 Å².